The van der Waals surface area contributed by atoms with Crippen molar-refractivity contribution < 1.29 is 14.6 Å². The van der Waals surface area contributed by atoms with Gasteiger partial charge in [0.2, 0.25) is 0 Å². The van der Waals surface area contributed by atoms with Gasteiger partial charge in [0.15, 0.2) is 11.5 Å². The highest BCUT2D eigenvalue weighted by atomic mass is 32.1. The fraction of sp³-hybridized carbons (Fsp3) is 0.444. The van der Waals surface area contributed by atoms with Gasteiger partial charge < -0.3 is 19.9 Å². The Kier molecular flexibility index (Phi) is 6.04. The van der Waals surface area contributed by atoms with Crippen molar-refractivity contribution in [3.8, 4) is 11.5 Å². The summed E-state index contributed by atoms with van der Waals surface area (Å²) < 4.78 is 11.3. The van der Waals surface area contributed by atoms with Crippen LogP contribution in [0, 0.1) is 0 Å². The van der Waals surface area contributed by atoms with Gasteiger partial charge in [0.05, 0.1) is 18.8 Å². The Morgan fingerprint density at radius 2 is 2.09 bits per heavy atom. The van der Waals surface area contributed by atoms with Crippen LogP contribution in [0.25, 0.3) is 0 Å². The lowest BCUT2D eigenvalue weighted by Crippen LogP contribution is -2.34. The van der Waals surface area contributed by atoms with E-state index < -0.39 is 5.60 Å². The van der Waals surface area contributed by atoms with Crippen LogP contribution in [0.4, 0.5) is 0 Å². The molecule has 0 radical (unpaired) electrons. The molecule has 0 saturated carbocycles. The van der Waals surface area contributed by atoms with Crippen molar-refractivity contribution in [3.05, 3.63) is 46.2 Å². The van der Waals surface area contributed by atoms with E-state index in [1.807, 2.05) is 55.8 Å². The van der Waals surface area contributed by atoms with E-state index in [0.717, 1.165) is 22.6 Å². The van der Waals surface area contributed by atoms with Crippen molar-refractivity contribution in [2.24, 2.45) is 0 Å². The number of nitrogens with one attached hydrogen (secondary N) is 1. The minimum Gasteiger partial charge on any atom is -0.493 e. The first-order valence-electron chi connectivity index (χ1n) is 7.72. The molecule has 2 rings (SSSR count). The maximum Gasteiger partial charge on any atom is 0.166 e. The molecule has 0 aliphatic rings. The number of methoxy groups -OCH3 is 1. The Morgan fingerprint density at radius 3 is 2.70 bits per heavy atom. The van der Waals surface area contributed by atoms with E-state index in [2.05, 4.69) is 5.32 Å². The third kappa shape index (κ3) is 4.70. The molecular formula is C18H25NO3S. The van der Waals surface area contributed by atoms with E-state index in [1.54, 1.807) is 18.4 Å². The molecule has 4 nitrogen and oxygen atoms in total. The highest BCUT2D eigenvalue weighted by Crippen LogP contribution is 2.32. The molecule has 1 aromatic carbocycles. The highest BCUT2D eigenvalue weighted by molar-refractivity contribution is 7.08. The highest BCUT2D eigenvalue weighted by Gasteiger charge is 2.23. The standard InChI is InChI=1S/C18H25NO3S/c1-13(2)22-17-14(6-5-7-16(17)21-4)10-19-12-18(3,20)15-8-9-23-11-15/h5-9,11,13,19-20H,10,12H2,1-4H3. The normalized spacial score (nSPS) is 13.8. The van der Waals surface area contributed by atoms with Crippen LogP contribution < -0.4 is 14.8 Å². The van der Waals surface area contributed by atoms with E-state index in [0.29, 0.717) is 13.1 Å². The Labute approximate surface area is 142 Å². The Bertz CT molecular complexity index is 609. The Balaban J connectivity index is 2.05. The van der Waals surface area contributed by atoms with E-state index in [9.17, 15) is 5.11 Å². The van der Waals surface area contributed by atoms with E-state index in [-0.39, 0.29) is 6.10 Å². The molecule has 1 atom stereocenters. The second-order valence-electron chi connectivity index (χ2n) is 6.00. The molecule has 0 saturated heterocycles. The molecule has 1 unspecified atom stereocenters. The minimum atomic E-state index is -0.891. The van der Waals surface area contributed by atoms with Crippen LogP contribution in [-0.2, 0) is 12.1 Å². The maximum absolute atomic E-state index is 10.6. The van der Waals surface area contributed by atoms with Gasteiger partial charge in [-0.05, 0) is 49.2 Å². The van der Waals surface area contributed by atoms with Crippen molar-refractivity contribution in [2.45, 2.75) is 39.0 Å². The fourth-order valence-corrected chi connectivity index (χ4v) is 3.13. The number of aliphatic hydroxyl groups is 1. The summed E-state index contributed by atoms with van der Waals surface area (Å²) in [4.78, 5) is 0. The van der Waals surface area contributed by atoms with Gasteiger partial charge in [-0.2, -0.15) is 11.3 Å². The molecule has 2 aromatic rings. The van der Waals surface area contributed by atoms with Crippen LogP contribution in [0.5, 0.6) is 11.5 Å². The summed E-state index contributed by atoms with van der Waals surface area (Å²) in [6, 6.07) is 7.79. The fourth-order valence-electron chi connectivity index (χ4n) is 2.34. The van der Waals surface area contributed by atoms with Crippen molar-refractivity contribution in [1.82, 2.24) is 5.32 Å². The first-order valence-corrected chi connectivity index (χ1v) is 8.66. The summed E-state index contributed by atoms with van der Waals surface area (Å²) in [5.41, 5.74) is 1.05. The summed E-state index contributed by atoms with van der Waals surface area (Å²) in [6.07, 6.45) is 0.0685. The van der Waals surface area contributed by atoms with Gasteiger partial charge in [-0.25, -0.2) is 0 Å². The number of hydrogen-bond donors (Lipinski definition) is 2. The summed E-state index contributed by atoms with van der Waals surface area (Å²) in [5, 5.41) is 17.8. The van der Waals surface area contributed by atoms with Crippen LogP contribution in [0.1, 0.15) is 31.9 Å². The first kappa shape index (κ1) is 17.8. The van der Waals surface area contributed by atoms with Crippen LogP contribution in [-0.4, -0.2) is 24.9 Å². The van der Waals surface area contributed by atoms with E-state index in [1.165, 1.54) is 0 Å². The summed E-state index contributed by atoms with van der Waals surface area (Å²) >= 11 is 1.59. The monoisotopic (exact) mass is 335 g/mol. The Hall–Kier alpha value is -1.56. The molecule has 1 heterocycles. The number of benzene rings is 1. The number of rotatable bonds is 8. The molecule has 0 aliphatic heterocycles. The molecule has 0 aliphatic carbocycles. The van der Waals surface area contributed by atoms with Crippen molar-refractivity contribution in [2.75, 3.05) is 13.7 Å². The molecule has 23 heavy (non-hydrogen) atoms. The quantitative estimate of drug-likeness (QED) is 0.775. The van der Waals surface area contributed by atoms with Gasteiger partial charge in [0.25, 0.3) is 0 Å². The Morgan fingerprint density at radius 1 is 1.30 bits per heavy atom. The zero-order valence-electron chi connectivity index (χ0n) is 14.1. The summed E-state index contributed by atoms with van der Waals surface area (Å²) in [5.74, 6) is 1.48. The molecule has 0 fully saturated rings. The van der Waals surface area contributed by atoms with Gasteiger partial charge in [-0.1, -0.05) is 12.1 Å². The molecule has 0 spiro atoms. The van der Waals surface area contributed by atoms with Crippen molar-refractivity contribution in [3.63, 3.8) is 0 Å². The zero-order chi connectivity index (χ0) is 16.9. The molecular weight excluding hydrogens is 310 g/mol. The molecule has 126 valence electrons. The van der Waals surface area contributed by atoms with Crippen molar-refractivity contribution in [1.29, 1.82) is 0 Å². The number of ether oxygens (including phenoxy) is 2. The first-order chi connectivity index (χ1) is 10.9. The van der Waals surface area contributed by atoms with Gasteiger partial charge in [0, 0.05) is 18.7 Å². The minimum absolute atomic E-state index is 0.0685. The average molecular weight is 335 g/mol. The van der Waals surface area contributed by atoms with Gasteiger partial charge in [-0.15, -0.1) is 0 Å². The zero-order valence-corrected chi connectivity index (χ0v) is 14.9. The number of hydrogen-bond acceptors (Lipinski definition) is 5. The third-order valence-electron chi connectivity index (χ3n) is 3.56. The van der Waals surface area contributed by atoms with Crippen molar-refractivity contribution >= 4 is 11.3 Å². The lowest BCUT2D eigenvalue weighted by molar-refractivity contribution is 0.0570. The lowest BCUT2D eigenvalue weighted by atomic mass is 9.99. The molecule has 1 aromatic heterocycles. The smallest absolute Gasteiger partial charge is 0.166 e. The van der Waals surface area contributed by atoms with Crippen LogP contribution in [0.3, 0.4) is 0 Å². The predicted octanol–water partition coefficient (Wildman–Crippen LogP) is 3.54. The van der Waals surface area contributed by atoms with Gasteiger partial charge in [0.1, 0.15) is 0 Å². The summed E-state index contributed by atoms with van der Waals surface area (Å²) in [6.45, 7) is 6.86. The lowest BCUT2D eigenvalue weighted by Gasteiger charge is -2.24. The average Bonchev–Trinajstić information content (AvgIpc) is 3.03. The number of thiophene rings is 1. The third-order valence-corrected chi connectivity index (χ3v) is 4.24. The molecule has 0 amide bonds. The van der Waals surface area contributed by atoms with Gasteiger partial charge in [-0.3, -0.25) is 0 Å². The molecule has 5 heteroatoms. The van der Waals surface area contributed by atoms with Crippen LogP contribution >= 0.6 is 11.3 Å². The predicted molar refractivity (Wildman–Crippen MR) is 94.4 cm³/mol. The van der Waals surface area contributed by atoms with Crippen LogP contribution in [0.2, 0.25) is 0 Å². The van der Waals surface area contributed by atoms with Crippen LogP contribution in [0.15, 0.2) is 35.0 Å². The second-order valence-corrected chi connectivity index (χ2v) is 6.78. The van der Waals surface area contributed by atoms with E-state index in [4.69, 9.17) is 9.47 Å². The van der Waals surface area contributed by atoms with Gasteiger partial charge >= 0.3 is 0 Å². The SMILES string of the molecule is COc1cccc(CNCC(C)(O)c2ccsc2)c1OC(C)C. The second kappa shape index (κ2) is 7.81. The van der Waals surface area contributed by atoms with E-state index >= 15 is 0 Å². The summed E-state index contributed by atoms with van der Waals surface area (Å²) in [7, 11) is 1.64. The maximum atomic E-state index is 10.6. The topological polar surface area (TPSA) is 50.7 Å². The largest absolute Gasteiger partial charge is 0.493 e. The molecule has 0 bridgehead atoms. The molecule has 2 N–H and O–H groups in total. The number of para-hydroxylation sites is 1.